The Labute approximate surface area is 198 Å². The van der Waals surface area contributed by atoms with Gasteiger partial charge in [0, 0.05) is 18.2 Å². The molecule has 0 unspecified atom stereocenters. The molecule has 11 heteroatoms. The van der Waals surface area contributed by atoms with Crippen LogP contribution in [0.15, 0.2) is 53.1 Å². The summed E-state index contributed by atoms with van der Waals surface area (Å²) >= 11 is 0. The highest BCUT2D eigenvalue weighted by Crippen LogP contribution is 2.39. The summed E-state index contributed by atoms with van der Waals surface area (Å²) in [7, 11) is 1.55. The van der Waals surface area contributed by atoms with Crippen LogP contribution in [0.3, 0.4) is 0 Å². The highest BCUT2D eigenvalue weighted by molar-refractivity contribution is 5.84. The van der Waals surface area contributed by atoms with Crippen LogP contribution in [0.5, 0.6) is 5.75 Å². The van der Waals surface area contributed by atoms with Crippen LogP contribution in [0.1, 0.15) is 23.1 Å². The van der Waals surface area contributed by atoms with E-state index in [9.17, 15) is 18.0 Å². The number of methoxy groups -OCH3 is 1. The van der Waals surface area contributed by atoms with Crippen LogP contribution in [-0.2, 0) is 27.0 Å². The zero-order valence-electron chi connectivity index (χ0n) is 18.7. The van der Waals surface area contributed by atoms with E-state index in [-0.39, 0.29) is 44.7 Å². The Morgan fingerprint density at radius 3 is 2.60 bits per heavy atom. The smallest absolute Gasteiger partial charge is 0.471 e. The molecule has 3 heterocycles. The van der Waals surface area contributed by atoms with Crippen molar-refractivity contribution in [1.82, 2.24) is 15.0 Å². The Bertz CT molecular complexity index is 1210. The van der Waals surface area contributed by atoms with Gasteiger partial charge in [-0.3, -0.25) is 4.79 Å². The van der Waals surface area contributed by atoms with Gasteiger partial charge in [0.15, 0.2) is 0 Å². The topological polar surface area (TPSA) is 86.9 Å². The van der Waals surface area contributed by atoms with Crippen LogP contribution in [0.2, 0.25) is 0 Å². The molecule has 1 aromatic heterocycles. The quantitative estimate of drug-likeness (QED) is 0.538. The number of alkyl halides is 3. The van der Waals surface area contributed by atoms with Gasteiger partial charge in [0.2, 0.25) is 11.7 Å². The number of nitrogens with zero attached hydrogens (tertiary/aromatic N) is 3. The second-order valence-electron chi connectivity index (χ2n) is 8.62. The summed E-state index contributed by atoms with van der Waals surface area (Å²) in [5.41, 5.74) is 1.13. The molecule has 2 aliphatic heterocycles. The fraction of sp³-hybridized carbons (Fsp3) is 0.375. The average Bonchev–Trinajstić information content (AvgIpc) is 3.25. The summed E-state index contributed by atoms with van der Waals surface area (Å²) in [6.07, 6.45) is -4.74. The van der Waals surface area contributed by atoms with Gasteiger partial charge in [0.05, 0.1) is 32.4 Å². The molecule has 1 amide bonds. The summed E-state index contributed by atoms with van der Waals surface area (Å²) < 4.78 is 59.8. The maximum Gasteiger partial charge on any atom is 0.471 e. The molecule has 1 fully saturated rings. The first-order valence-electron chi connectivity index (χ1n) is 10.9. The van der Waals surface area contributed by atoms with Crippen molar-refractivity contribution >= 4 is 5.91 Å². The van der Waals surface area contributed by atoms with Crippen molar-refractivity contribution in [3.05, 3.63) is 65.5 Å². The number of rotatable bonds is 5. The molecule has 0 aliphatic carbocycles. The van der Waals surface area contributed by atoms with E-state index in [4.69, 9.17) is 14.2 Å². The number of carbonyl (C=O) groups is 1. The van der Waals surface area contributed by atoms with E-state index in [2.05, 4.69) is 14.7 Å². The molecule has 0 N–H and O–H groups in total. The number of hydrogen-bond donors (Lipinski definition) is 0. The highest BCUT2D eigenvalue weighted by atomic mass is 19.4. The molecule has 1 saturated heterocycles. The Kier molecular flexibility index (Phi) is 5.97. The minimum Gasteiger partial charge on any atom is -0.491 e. The van der Waals surface area contributed by atoms with Gasteiger partial charge in [-0.1, -0.05) is 47.6 Å². The van der Waals surface area contributed by atoms with Crippen molar-refractivity contribution in [2.45, 2.75) is 18.8 Å². The first-order valence-corrected chi connectivity index (χ1v) is 10.9. The Morgan fingerprint density at radius 2 is 1.97 bits per heavy atom. The summed E-state index contributed by atoms with van der Waals surface area (Å²) in [6, 6.07) is 14.0. The predicted octanol–water partition coefficient (Wildman–Crippen LogP) is 3.88. The van der Waals surface area contributed by atoms with E-state index in [1.54, 1.807) is 30.2 Å². The number of aromatic nitrogens is 2. The molecular formula is C24H22F3N3O5. The van der Waals surface area contributed by atoms with Crippen LogP contribution in [0.4, 0.5) is 13.2 Å². The molecule has 3 aromatic rings. The molecule has 35 heavy (non-hydrogen) atoms. The minimum atomic E-state index is -4.74. The lowest BCUT2D eigenvalue weighted by atomic mass is 9.84. The molecule has 2 aliphatic rings. The van der Waals surface area contributed by atoms with Gasteiger partial charge in [-0.15, -0.1) is 0 Å². The number of benzene rings is 2. The third kappa shape index (κ3) is 4.37. The van der Waals surface area contributed by atoms with Gasteiger partial charge < -0.3 is 23.6 Å². The molecular weight excluding hydrogens is 467 g/mol. The first kappa shape index (κ1) is 23.3. The highest BCUT2D eigenvalue weighted by Gasteiger charge is 2.50. The van der Waals surface area contributed by atoms with E-state index in [0.717, 1.165) is 5.56 Å². The van der Waals surface area contributed by atoms with Crippen molar-refractivity contribution in [3.63, 3.8) is 0 Å². The number of fused-ring (bicyclic) bond motifs is 1. The molecule has 0 saturated carbocycles. The molecule has 2 aromatic carbocycles. The second kappa shape index (κ2) is 8.97. The lowest BCUT2D eigenvalue weighted by Crippen LogP contribution is -2.58. The van der Waals surface area contributed by atoms with E-state index < -0.39 is 23.5 Å². The van der Waals surface area contributed by atoms with E-state index in [1.165, 1.54) is 0 Å². The fourth-order valence-corrected chi connectivity index (χ4v) is 4.33. The van der Waals surface area contributed by atoms with Crippen molar-refractivity contribution in [2.24, 2.45) is 5.41 Å². The van der Waals surface area contributed by atoms with Crippen LogP contribution in [0, 0.1) is 5.41 Å². The van der Waals surface area contributed by atoms with Crippen molar-refractivity contribution < 1.29 is 36.7 Å². The Morgan fingerprint density at radius 1 is 1.20 bits per heavy atom. The van der Waals surface area contributed by atoms with Gasteiger partial charge in [-0.05, 0) is 11.6 Å². The third-order valence-corrected chi connectivity index (χ3v) is 6.18. The normalized spacial score (nSPS) is 19.3. The lowest BCUT2D eigenvalue weighted by Gasteiger charge is -2.44. The van der Waals surface area contributed by atoms with Crippen LogP contribution in [0.25, 0.3) is 11.4 Å². The summed E-state index contributed by atoms with van der Waals surface area (Å²) in [6.45, 7) is 1.15. The van der Waals surface area contributed by atoms with Gasteiger partial charge in [-0.2, -0.15) is 18.2 Å². The van der Waals surface area contributed by atoms with Crippen LogP contribution < -0.4 is 4.74 Å². The number of amides is 1. The van der Waals surface area contributed by atoms with Gasteiger partial charge in [-0.25, -0.2) is 0 Å². The molecule has 0 radical (unpaired) electrons. The van der Waals surface area contributed by atoms with E-state index in [1.807, 2.05) is 30.3 Å². The third-order valence-electron chi connectivity index (χ3n) is 6.18. The molecule has 184 valence electrons. The number of ether oxygens (including phenoxy) is 3. The SMILES string of the molecule is COCC1(C(=O)N2Cc3ccc(-c4noc(C(F)(F)F)n4)cc3OC[C@@H]2c2ccccc2)COC1. The standard InChI is InChI=1S/C24H22F3N3O5/c1-32-12-23(13-33-14-23)22(31)30-10-17-8-7-16(20-28-21(35-29-20)24(25,26)27)9-19(17)34-11-18(30)15-5-3-2-4-6-15/h2-9,18H,10-14H2,1H3/t18-/m1/s1. The molecule has 0 spiro atoms. The Hall–Kier alpha value is -3.44. The minimum absolute atomic E-state index is 0.104. The first-order chi connectivity index (χ1) is 16.8. The van der Waals surface area contributed by atoms with Crippen molar-refractivity contribution in [3.8, 4) is 17.1 Å². The Balaban J connectivity index is 1.49. The van der Waals surface area contributed by atoms with Gasteiger partial charge in [0.25, 0.3) is 0 Å². The average molecular weight is 489 g/mol. The van der Waals surface area contributed by atoms with Crippen molar-refractivity contribution in [1.29, 1.82) is 0 Å². The predicted molar refractivity (Wildman–Crippen MR) is 115 cm³/mol. The van der Waals surface area contributed by atoms with Gasteiger partial charge in [0.1, 0.15) is 17.8 Å². The monoisotopic (exact) mass is 489 g/mol. The van der Waals surface area contributed by atoms with Gasteiger partial charge >= 0.3 is 12.1 Å². The maximum atomic E-state index is 13.8. The fourth-order valence-electron chi connectivity index (χ4n) is 4.33. The molecule has 8 nitrogen and oxygen atoms in total. The number of halogens is 3. The largest absolute Gasteiger partial charge is 0.491 e. The molecule has 0 bridgehead atoms. The van der Waals surface area contributed by atoms with Crippen LogP contribution in [-0.4, -0.2) is 54.5 Å². The lowest BCUT2D eigenvalue weighted by molar-refractivity contribution is -0.186. The maximum absolute atomic E-state index is 13.8. The molecule has 1 atom stereocenters. The van der Waals surface area contributed by atoms with Crippen molar-refractivity contribution in [2.75, 3.05) is 33.5 Å². The van der Waals surface area contributed by atoms with E-state index >= 15 is 0 Å². The number of carbonyl (C=O) groups excluding carboxylic acids is 1. The summed E-state index contributed by atoms with van der Waals surface area (Å²) in [4.78, 5) is 19.0. The summed E-state index contributed by atoms with van der Waals surface area (Å²) in [5.74, 6) is -1.29. The number of hydrogen-bond acceptors (Lipinski definition) is 7. The second-order valence-corrected chi connectivity index (χ2v) is 8.62. The molecule has 5 rings (SSSR count). The zero-order valence-corrected chi connectivity index (χ0v) is 18.7. The summed E-state index contributed by atoms with van der Waals surface area (Å²) in [5, 5.41) is 3.45. The van der Waals surface area contributed by atoms with Crippen LogP contribution >= 0.6 is 0 Å². The zero-order chi connectivity index (χ0) is 24.6. The van der Waals surface area contributed by atoms with E-state index in [0.29, 0.717) is 16.9 Å².